The molecule has 2 atom stereocenters. The third kappa shape index (κ3) is 6.73. The summed E-state index contributed by atoms with van der Waals surface area (Å²) in [6.07, 6.45) is 10.8. The zero-order valence-electron chi connectivity index (χ0n) is 24.8. The van der Waals surface area contributed by atoms with Crippen LogP contribution in [0.3, 0.4) is 0 Å². The molecule has 0 saturated carbocycles. The summed E-state index contributed by atoms with van der Waals surface area (Å²) >= 11 is 6.43. The van der Waals surface area contributed by atoms with Crippen molar-refractivity contribution >= 4 is 27.5 Å². The summed E-state index contributed by atoms with van der Waals surface area (Å²) in [4.78, 5) is 27.5. The lowest BCUT2D eigenvalue weighted by molar-refractivity contribution is -0.138. The molecule has 11 heteroatoms. The molecule has 1 saturated heterocycles. The fraction of sp³-hybridized carbons (Fsp3) is 0.364. The molecule has 2 aromatic carbocycles. The molecule has 9 nitrogen and oxygen atoms in total. The van der Waals surface area contributed by atoms with E-state index in [4.69, 9.17) is 16.6 Å². The number of aromatic nitrogens is 3. The molecule has 1 aliphatic heterocycles. The molecule has 230 valence electrons. The minimum atomic E-state index is -3.66. The van der Waals surface area contributed by atoms with Crippen molar-refractivity contribution in [2.75, 3.05) is 32.4 Å². The van der Waals surface area contributed by atoms with E-state index in [0.29, 0.717) is 37.6 Å². The summed E-state index contributed by atoms with van der Waals surface area (Å²) in [5.74, 6) is -0.194. The van der Waals surface area contributed by atoms with Gasteiger partial charge in [-0.2, -0.15) is 4.31 Å². The highest BCUT2D eigenvalue weighted by atomic mass is 35.5. The normalized spacial score (nSPS) is 19.1. The fourth-order valence-corrected chi connectivity index (χ4v) is 7.74. The largest absolute Gasteiger partial charge is 0.337 e. The topological polar surface area (TPSA) is 91.6 Å². The van der Waals surface area contributed by atoms with Crippen molar-refractivity contribution in [2.24, 2.45) is 0 Å². The van der Waals surface area contributed by atoms with Crippen LogP contribution in [0.4, 0.5) is 0 Å². The van der Waals surface area contributed by atoms with Crippen LogP contribution in [-0.2, 0) is 40.7 Å². The first-order chi connectivity index (χ1) is 21.3. The number of piperazine rings is 1. The van der Waals surface area contributed by atoms with Crippen LogP contribution in [0, 0.1) is 0 Å². The van der Waals surface area contributed by atoms with E-state index in [-0.39, 0.29) is 25.0 Å². The number of nitrogens with zero attached hydrogens (tertiary/aromatic N) is 6. The summed E-state index contributed by atoms with van der Waals surface area (Å²) in [6, 6.07) is 18.8. The van der Waals surface area contributed by atoms with Gasteiger partial charge in [-0.3, -0.25) is 14.7 Å². The second-order valence-electron chi connectivity index (χ2n) is 11.6. The molecule has 1 fully saturated rings. The molecule has 1 aliphatic carbocycles. The first-order valence-corrected chi connectivity index (χ1v) is 17.2. The Kier molecular flexibility index (Phi) is 9.13. The number of carbonyl (C=O) groups is 1. The Bertz CT molecular complexity index is 1700. The Morgan fingerprint density at radius 1 is 1.02 bits per heavy atom. The van der Waals surface area contributed by atoms with Crippen LogP contribution in [0.5, 0.6) is 0 Å². The van der Waals surface area contributed by atoms with Crippen molar-refractivity contribution < 1.29 is 13.2 Å². The van der Waals surface area contributed by atoms with E-state index in [0.717, 1.165) is 40.8 Å². The third-order valence-corrected chi connectivity index (χ3v) is 10.1. The number of amides is 1. The molecular weight excluding hydrogens is 596 g/mol. The zero-order valence-corrected chi connectivity index (χ0v) is 26.4. The van der Waals surface area contributed by atoms with Crippen LogP contribution in [0.1, 0.15) is 40.4 Å². The highest BCUT2D eigenvalue weighted by Gasteiger charge is 2.43. The van der Waals surface area contributed by atoms with Crippen molar-refractivity contribution in [2.45, 2.75) is 44.4 Å². The zero-order chi connectivity index (χ0) is 30.7. The number of fused-ring (bicyclic) bond motifs is 2. The van der Waals surface area contributed by atoms with Crippen LogP contribution in [0.15, 0.2) is 85.6 Å². The highest BCUT2D eigenvalue weighted by molar-refractivity contribution is 7.88. The molecular formula is C33H37ClN6O3S. The molecule has 0 unspecified atom stereocenters. The summed E-state index contributed by atoms with van der Waals surface area (Å²) in [5, 5.41) is 0.684. The van der Waals surface area contributed by atoms with Gasteiger partial charge in [0.2, 0.25) is 15.9 Å². The Labute approximate surface area is 264 Å². The second-order valence-corrected chi connectivity index (χ2v) is 13.9. The maximum absolute atomic E-state index is 14.5. The summed E-state index contributed by atoms with van der Waals surface area (Å²) in [7, 11) is -3.66. The van der Waals surface area contributed by atoms with Gasteiger partial charge < -0.3 is 9.47 Å². The second kappa shape index (κ2) is 13.2. The van der Waals surface area contributed by atoms with E-state index in [1.807, 2.05) is 70.4 Å². The molecule has 6 rings (SSSR count). The number of aryl methyl sites for hydroxylation is 3. The number of benzene rings is 2. The van der Waals surface area contributed by atoms with Crippen molar-refractivity contribution in [3.05, 3.63) is 119 Å². The predicted molar refractivity (Wildman–Crippen MR) is 171 cm³/mol. The minimum Gasteiger partial charge on any atom is -0.337 e. The van der Waals surface area contributed by atoms with Gasteiger partial charge in [0.1, 0.15) is 6.04 Å². The summed E-state index contributed by atoms with van der Waals surface area (Å²) in [5.41, 5.74) is 5.36. The molecule has 0 N–H and O–H groups in total. The number of halogens is 1. The average Bonchev–Trinajstić information content (AvgIpc) is 3.48. The molecule has 2 aliphatic rings. The number of carbonyl (C=O) groups excluding carboxylic acids is 1. The van der Waals surface area contributed by atoms with Crippen LogP contribution >= 0.6 is 11.6 Å². The molecule has 0 spiro atoms. The Balaban J connectivity index is 1.34. The van der Waals surface area contributed by atoms with Gasteiger partial charge in [0.25, 0.3) is 0 Å². The Morgan fingerprint density at radius 3 is 2.61 bits per heavy atom. The minimum absolute atomic E-state index is 0.194. The number of rotatable bonds is 9. The molecule has 0 radical (unpaired) electrons. The summed E-state index contributed by atoms with van der Waals surface area (Å²) in [6.45, 7) is 2.52. The molecule has 1 amide bonds. The number of hydrogen-bond acceptors (Lipinski definition) is 6. The van der Waals surface area contributed by atoms with Crippen molar-refractivity contribution in [3.8, 4) is 0 Å². The maximum atomic E-state index is 14.5. The van der Waals surface area contributed by atoms with Crippen molar-refractivity contribution in [1.82, 2.24) is 28.6 Å². The highest BCUT2D eigenvalue weighted by Crippen LogP contribution is 2.38. The lowest BCUT2D eigenvalue weighted by atomic mass is 9.95. The van der Waals surface area contributed by atoms with Gasteiger partial charge in [0.05, 0.1) is 24.3 Å². The molecule has 44 heavy (non-hydrogen) atoms. The van der Waals surface area contributed by atoms with E-state index >= 15 is 0 Å². The van der Waals surface area contributed by atoms with Gasteiger partial charge in [-0.05, 0) is 59.7 Å². The number of pyridine rings is 1. The quantitative estimate of drug-likeness (QED) is 0.275. The first kappa shape index (κ1) is 30.5. The van der Waals surface area contributed by atoms with Gasteiger partial charge in [0.15, 0.2) is 0 Å². The lowest BCUT2D eigenvalue weighted by Gasteiger charge is -2.44. The SMILES string of the molecule is CS(=O)(=O)N1CCN([C@H]2c3ccc(Cl)cc3CCc3cccnc32)C[C@@H]1C(=O)N(CCCn1ccnc1)Cc1ccccc1. The molecule has 4 aromatic rings. The smallest absolute Gasteiger partial charge is 0.242 e. The van der Waals surface area contributed by atoms with E-state index in [1.165, 1.54) is 10.6 Å². The van der Waals surface area contributed by atoms with Gasteiger partial charge >= 0.3 is 0 Å². The molecule has 2 aromatic heterocycles. The lowest BCUT2D eigenvalue weighted by Crippen LogP contribution is -2.61. The first-order valence-electron chi connectivity index (χ1n) is 15.0. The van der Waals surface area contributed by atoms with Gasteiger partial charge in [-0.15, -0.1) is 0 Å². The third-order valence-electron chi connectivity index (χ3n) is 8.62. The van der Waals surface area contributed by atoms with Crippen LogP contribution < -0.4 is 0 Å². The van der Waals surface area contributed by atoms with Crippen molar-refractivity contribution in [3.63, 3.8) is 0 Å². The van der Waals surface area contributed by atoms with Gasteiger partial charge in [-0.1, -0.05) is 54.1 Å². The average molecular weight is 633 g/mol. The van der Waals surface area contributed by atoms with Crippen molar-refractivity contribution in [1.29, 1.82) is 0 Å². The Morgan fingerprint density at radius 2 is 1.84 bits per heavy atom. The Hall–Kier alpha value is -3.57. The van der Waals surface area contributed by atoms with Crippen LogP contribution in [0.2, 0.25) is 5.02 Å². The number of hydrogen-bond donors (Lipinski definition) is 0. The number of sulfonamides is 1. The molecule has 0 bridgehead atoms. The number of imidazole rings is 1. The van der Waals surface area contributed by atoms with Gasteiger partial charge in [0, 0.05) is 62.9 Å². The van der Waals surface area contributed by atoms with Crippen LogP contribution in [0.25, 0.3) is 0 Å². The van der Waals surface area contributed by atoms with Crippen LogP contribution in [-0.4, -0.2) is 81.4 Å². The van der Waals surface area contributed by atoms with E-state index in [1.54, 1.807) is 12.5 Å². The summed E-state index contributed by atoms with van der Waals surface area (Å²) < 4.78 is 29.6. The maximum Gasteiger partial charge on any atom is 0.242 e. The fourth-order valence-electron chi connectivity index (χ4n) is 6.52. The van der Waals surface area contributed by atoms with E-state index < -0.39 is 16.1 Å². The van der Waals surface area contributed by atoms with E-state index in [2.05, 4.69) is 22.0 Å². The van der Waals surface area contributed by atoms with Gasteiger partial charge in [-0.25, -0.2) is 13.4 Å². The monoisotopic (exact) mass is 632 g/mol. The van der Waals surface area contributed by atoms with E-state index in [9.17, 15) is 13.2 Å². The molecule has 3 heterocycles. The standard InChI is InChI=1S/C33H37ClN6O3S/c1-44(42,43)40-20-19-38(32-29-13-12-28(34)21-27(29)11-10-26-9-5-14-36-31(26)32)23-30(40)33(41)39(22-25-7-3-2-4-8-25)17-6-16-37-18-15-35-24-37/h2-5,7-9,12-15,18,21,24,30,32H,6,10-11,16-17,19-20,22-23H2,1H3/t30-,32+/m1/s1. The predicted octanol–water partition coefficient (Wildman–Crippen LogP) is 4.18.